The van der Waals surface area contributed by atoms with E-state index in [0.717, 1.165) is 17.7 Å². The molecule has 5 nitrogen and oxygen atoms in total. The Hall–Kier alpha value is -1.36. The largest absolute Gasteiger partial charge is 0.350 e. The molecule has 0 fully saturated rings. The van der Waals surface area contributed by atoms with Crippen LogP contribution in [0.15, 0.2) is 6.20 Å². The van der Waals surface area contributed by atoms with Gasteiger partial charge >= 0.3 is 0 Å². The van der Waals surface area contributed by atoms with Crippen molar-refractivity contribution in [3.8, 4) is 0 Å². The lowest BCUT2D eigenvalue weighted by atomic mass is 10.1. The van der Waals surface area contributed by atoms with Crippen molar-refractivity contribution >= 4 is 5.91 Å². The van der Waals surface area contributed by atoms with E-state index in [9.17, 15) is 4.79 Å². The first-order valence-corrected chi connectivity index (χ1v) is 6.79. The number of hydrogen-bond donors (Lipinski definition) is 2. The van der Waals surface area contributed by atoms with E-state index in [-0.39, 0.29) is 17.5 Å². The van der Waals surface area contributed by atoms with Crippen LogP contribution in [0.1, 0.15) is 45.9 Å². The Morgan fingerprint density at radius 3 is 2.63 bits per heavy atom. The molecule has 1 aromatic rings. The average molecular weight is 266 g/mol. The minimum absolute atomic E-state index is 0.0226. The standard InChI is InChI=1S/C14H26N4O/c1-7-12-11(9-18(6)17-12)8-15-10(2)13(19)16-14(3,4)5/h9-10,15H,7-8H2,1-6H3,(H,16,19). The number of aryl methyl sites for hydroxylation is 2. The fraction of sp³-hybridized carbons (Fsp3) is 0.714. The van der Waals surface area contributed by atoms with Gasteiger partial charge in [0.15, 0.2) is 0 Å². The number of nitrogens with one attached hydrogen (secondary N) is 2. The Balaban J connectivity index is 2.54. The first kappa shape index (κ1) is 15.7. The fourth-order valence-electron chi connectivity index (χ4n) is 1.86. The molecule has 1 amide bonds. The summed E-state index contributed by atoms with van der Waals surface area (Å²) < 4.78 is 1.82. The summed E-state index contributed by atoms with van der Waals surface area (Å²) in [5.41, 5.74) is 2.04. The summed E-state index contributed by atoms with van der Waals surface area (Å²) in [5.74, 6) is 0.0226. The SMILES string of the molecule is CCc1nn(C)cc1CNC(C)C(=O)NC(C)(C)C. The lowest BCUT2D eigenvalue weighted by Gasteiger charge is -2.23. The van der Waals surface area contributed by atoms with Crippen LogP contribution < -0.4 is 10.6 Å². The summed E-state index contributed by atoms with van der Waals surface area (Å²) in [7, 11) is 1.92. The maximum absolute atomic E-state index is 11.9. The predicted octanol–water partition coefficient (Wildman–Crippen LogP) is 1.38. The van der Waals surface area contributed by atoms with Crippen LogP contribution in [-0.4, -0.2) is 27.3 Å². The third-order valence-electron chi connectivity index (χ3n) is 2.82. The zero-order chi connectivity index (χ0) is 14.6. The number of rotatable bonds is 5. The molecule has 1 heterocycles. The number of nitrogens with zero attached hydrogens (tertiary/aromatic N) is 2. The molecule has 1 unspecified atom stereocenters. The van der Waals surface area contributed by atoms with E-state index in [2.05, 4.69) is 22.7 Å². The fourth-order valence-corrected chi connectivity index (χ4v) is 1.86. The molecular weight excluding hydrogens is 240 g/mol. The smallest absolute Gasteiger partial charge is 0.237 e. The van der Waals surface area contributed by atoms with Crippen LogP contribution in [0.5, 0.6) is 0 Å². The van der Waals surface area contributed by atoms with Crippen molar-refractivity contribution in [3.63, 3.8) is 0 Å². The summed E-state index contributed by atoms with van der Waals surface area (Å²) in [6.07, 6.45) is 2.90. The number of carbonyl (C=O) groups is 1. The van der Waals surface area contributed by atoms with E-state index < -0.39 is 0 Å². The van der Waals surface area contributed by atoms with Gasteiger partial charge in [-0.15, -0.1) is 0 Å². The molecule has 0 saturated carbocycles. The van der Waals surface area contributed by atoms with Crippen molar-refractivity contribution in [3.05, 3.63) is 17.5 Å². The van der Waals surface area contributed by atoms with Crippen LogP contribution in [0.25, 0.3) is 0 Å². The summed E-state index contributed by atoms with van der Waals surface area (Å²) in [6, 6.07) is -0.218. The molecular formula is C14H26N4O. The van der Waals surface area contributed by atoms with Crippen LogP contribution in [0.3, 0.4) is 0 Å². The normalized spacial score (nSPS) is 13.4. The molecule has 0 aliphatic rings. The van der Waals surface area contributed by atoms with E-state index in [1.54, 1.807) is 0 Å². The molecule has 1 aromatic heterocycles. The van der Waals surface area contributed by atoms with Gasteiger partial charge in [0.05, 0.1) is 11.7 Å². The molecule has 5 heteroatoms. The third-order valence-corrected chi connectivity index (χ3v) is 2.82. The molecule has 2 N–H and O–H groups in total. The van der Waals surface area contributed by atoms with Gasteiger partial charge in [-0.3, -0.25) is 9.48 Å². The zero-order valence-corrected chi connectivity index (χ0v) is 12.9. The van der Waals surface area contributed by atoms with Gasteiger partial charge in [-0.2, -0.15) is 5.10 Å². The maximum atomic E-state index is 11.9. The van der Waals surface area contributed by atoms with Gasteiger partial charge < -0.3 is 10.6 Å². The van der Waals surface area contributed by atoms with Crippen molar-refractivity contribution in [2.75, 3.05) is 0 Å². The molecule has 0 aliphatic heterocycles. The molecule has 0 saturated heterocycles. The second-order valence-electron chi connectivity index (χ2n) is 5.97. The van der Waals surface area contributed by atoms with Crippen LogP contribution in [-0.2, 0) is 24.8 Å². The summed E-state index contributed by atoms with van der Waals surface area (Å²) in [5, 5.41) is 10.6. The van der Waals surface area contributed by atoms with Gasteiger partial charge in [0.25, 0.3) is 0 Å². The molecule has 19 heavy (non-hydrogen) atoms. The summed E-state index contributed by atoms with van der Waals surface area (Å²) >= 11 is 0. The van der Waals surface area contributed by atoms with Crippen LogP contribution in [0.2, 0.25) is 0 Å². The van der Waals surface area contributed by atoms with Crippen molar-refractivity contribution in [1.29, 1.82) is 0 Å². The molecule has 0 aromatic carbocycles. The Morgan fingerprint density at radius 2 is 2.11 bits per heavy atom. The van der Waals surface area contributed by atoms with Crippen LogP contribution in [0, 0.1) is 0 Å². The van der Waals surface area contributed by atoms with E-state index in [1.165, 1.54) is 0 Å². The average Bonchev–Trinajstić information content (AvgIpc) is 2.64. The monoisotopic (exact) mass is 266 g/mol. The van der Waals surface area contributed by atoms with Crippen molar-refractivity contribution in [2.24, 2.45) is 7.05 Å². The topological polar surface area (TPSA) is 59.0 Å². The first-order chi connectivity index (χ1) is 8.73. The second kappa shape index (κ2) is 6.19. The van der Waals surface area contributed by atoms with Gasteiger partial charge in [0, 0.05) is 30.9 Å². The highest BCUT2D eigenvalue weighted by Crippen LogP contribution is 2.07. The van der Waals surface area contributed by atoms with E-state index in [0.29, 0.717) is 6.54 Å². The Bertz CT molecular complexity index is 431. The van der Waals surface area contributed by atoms with E-state index in [4.69, 9.17) is 0 Å². The van der Waals surface area contributed by atoms with Gasteiger partial charge in [-0.05, 0) is 34.1 Å². The minimum Gasteiger partial charge on any atom is -0.350 e. The third kappa shape index (κ3) is 5.03. The van der Waals surface area contributed by atoms with Gasteiger partial charge in [-0.1, -0.05) is 6.92 Å². The molecule has 0 radical (unpaired) electrons. The van der Waals surface area contributed by atoms with Crippen LogP contribution in [0.4, 0.5) is 0 Å². The molecule has 1 rings (SSSR count). The molecule has 0 spiro atoms. The highest BCUT2D eigenvalue weighted by molar-refractivity contribution is 5.81. The van der Waals surface area contributed by atoms with Gasteiger partial charge in [0.1, 0.15) is 0 Å². The zero-order valence-electron chi connectivity index (χ0n) is 12.9. The first-order valence-electron chi connectivity index (χ1n) is 6.79. The molecule has 0 aliphatic carbocycles. The highest BCUT2D eigenvalue weighted by atomic mass is 16.2. The van der Waals surface area contributed by atoms with Crippen molar-refractivity contribution in [1.82, 2.24) is 20.4 Å². The van der Waals surface area contributed by atoms with Crippen molar-refractivity contribution in [2.45, 2.75) is 59.2 Å². The molecule has 1 atom stereocenters. The molecule has 108 valence electrons. The number of amides is 1. The number of carbonyl (C=O) groups excluding carboxylic acids is 1. The Labute approximate surface area is 115 Å². The molecule has 0 bridgehead atoms. The predicted molar refractivity (Wildman–Crippen MR) is 76.8 cm³/mol. The number of aromatic nitrogens is 2. The minimum atomic E-state index is -0.218. The highest BCUT2D eigenvalue weighted by Gasteiger charge is 2.19. The maximum Gasteiger partial charge on any atom is 0.237 e. The second-order valence-corrected chi connectivity index (χ2v) is 5.97. The van der Waals surface area contributed by atoms with Gasteiger partial charge in [-0.25, -0.2) is 0 Å². The van der Waals surface area contributed by atoms with Crippen molar-refractivity contribution < 1.29 is 4.79 Å². The number of hydrogen-bond acceptors (Lipinski definition) is 3. The van der Waals surface area contributed by atoms with Gasteiger partial charge in [0.2, 0.25) is 5.91 Å². The Kier molecular flexibility index (Phi) is 5.11. The van der Waals surface area contributed by atoms with E-state index in [1.807, 2.05) is 45.6 Å². The summed E-state index contributed by atoms with van der Waals surface area (Å²) in [6.45, 7) is 10.6. The van der Waals surface area contributed by atoms with E-state index >= 15 is 0 Å². The summed E-state index contributed by atoms with van der Waals surface area (Å²) in [4.78, 5) is 11.9. The van der Waals surface area contributed by atoms with Crippen LogP contribution >= 0.6 is 0 Å². The lowest BCUT2D eigenvalue weighted by Crippen LogP contribution is -2.49. The Morgan fingerprint density at radius 1 is 1.47 bits per heavy atom. The lowest BCUT2D eigenvalue weighted by molar-refractivity contribution is -0.124. The quantitative estimate of drug-likeness (QED) is 0.846.